The molecule has 0 unspecified atom stereocenters. The summed E-state index contributed by atoms with van der Waals surface area (Å²) >= 11 is 0. The zero-order valence-corrected chi connectivity index (χ0v) is 17.5. The number of rotatable bonds is 6. The van der Waals surface area contributed by atoms with Gasteiger partial charge in [-0.05, 0) is 50.1 Å². The zero-order valence-electron chi connectivity index (χ0n) is 17.5. The van der Waals surface area contributed by atoms with E-state index in [0.717, 1.165) is 76.2 Å². The number of nitrogens with one attached hydrogen (secondary N) is 1. The third-order valence-electron chi connectivity index (χ3n) is 6.64. The summed E-state index contributed by atoms with van der Waals surface area (Å²) in [5.74, 6) is 0. The number of aromatic amines is 1. The van der Waals surface area contributed by atoms with Crippen molar-refractivity contribution < 1.29 is 4.74 Å². The van der Waals surface area contributed by atoms with Crippen molar-refractivity contribution in [3.8, 4) is 0 Å². The number of para-hydroxylation sites is 1. The molecule has 0 amide bonds. The summed E-state index contributed by atoms with van der Waals surface area (Å²) in [5.41, 5.74) is 5.62. The van der Waals surface area contributed by atoms with Crippen LogP contribution < -0.4 is 4.90 Å². The van der Waals surface area contributed by atoms with Gasteiger partial charge in [0, 0.05) is 73.4 Å². The Kier molecular flexibility index (Phi) is 5.45. The Morgan fingerprint density at radius 3 is 2.70 bits per heavy atom. The van der Waals surface area contributed by atoms with Crippen LogP contribution in [0.1, 0.15) is 31.2 Å². The summed E-state index contributed by atoms with van der Waals surface area (Å²) in [7, 11) is 0. The van der Waals surface area contributed by atoms with E-state index >= 15 is 0 Å². The quantitative estimate of drug-likeness (QED) is 0.370. The van der Waals surface area contributed by atoms with Crippen LogP contribution in [0.5, 0.6) is 0 Å². The number of nitrogens with zero attached hydrogens (tertiary/aromatic N) is 3. The first kappa shape index (κ1) is 19.2. The number of fused-ring (bicyclic) bond motifs is 2. The van der Waals surface area contributed by atoms with Gasteiger partial charge in [0.2, 0.25) is 5.69 Å². The predicted octanol–water partition coefficient (Wildman–Crippen LogP) is 4.69. The summed E-state index contributed by atoms with van der Waals surface area (Å²) in [4.78, 5) is 8.33. The number of anilines is 1. The van der Waals surface area contributed by atoms with Crippen LogP contribution in [0.25, 0.3) is 10.9 Å². The van der Waals surface area contributed by atoms with E-state index < -0.39 is 0 Å². The molecule has 1 aromatic heterocycles. The molecule has 2 aliphatic heterocycles. The van der Waals surface area contributed by atoms with Gasteiger partial charge in [0.25, 0.3) is 0 Å². The molecule has 0 atom stereocenters. The minimum absolute atomic E-state index is 0.854. The van der Waals surface area contributed by atoms with Crippen molar-refractivity contribution in [1.82, 2.24) is 9.88 Å². The second kappa shape index (κ2) is 8.52. The lowest BCUT2D eigenvalue weighted by Crippen LogP contribution is -2.46. The van der Waals surface area contributed by atoms with Gasteiger partial charge in [-0.3, -0.25) is 4.90 Å². The minimum atomic E-state index is 0.854. The van der Waals surface area contributed by atoms with Gasteiger partial charge in [0.05, 0.1) is 0 Å². The highest BCUT2D eigenvalue weighted by molar-refractivity contribution is 5.83. The fourth-order valence-electron chi connectivity index (χ4n) is 4.83. The van der Waals surface area contributed by atoms with Crippen LogP contribution in [-0.2, 0) is 6.42 Å². The van der Waals surface area contributed by atoms with Gasteiger partial charge in [0.15, 0.2) is 5.71 Å². The second-order valence-electron chi connectivity index (χ2n) is 8.52. The smallest absolute Gasteiger partial charge is 0.219 e. The molecule has 0 spiro atoms. The molecule has 1 fully saturated rings. The molecule has 2 aliphatic rings. The topological polar surface area (TPSA) is 48.3 Å². The monoisotopic (exact) mass is 402 g/mol. The highest BCUT2D eigenvalue weighted by Gasteiger charge is 2.22. The molecule has 30 heavy (non-hydrogen) atoms. The number of hydrogen-bond donors (Lipinski definition) is 1. The van der Waals surface area contributed by atoms with E-state index in [0.29, 0.717) is 0 Å². The molecule has 5 rings (SSSR count). The maximum absolute atomic E-state index is 12.6. The number of piperazine rings is 1. The Hall–Kier alpha value is -2.79. The summed E-state index contributed by atoms with van der Waals surface area (Å²) in [6.45, 7) is 5.52. The summed E-state index contributed by atoms with van der Waals surface area (Å²) < 4.78 is 1.19. The van der Waals surface area contributed by atoms with Crippen LogP contribution >= 0.6 is 0 Å². The molecule has 1 N–H and O–H groups in total. The molecule has 5 heteroatoms. The number of aromatic nitrogens is 1. The van der Waals surface area contributed by atoms with E-state index in [9.17, 15) is 5.21 Å². The summed E-state index contributed by atoms with van der Waals surface area (Å²) in [6.07, 6.45) is 7.09. The van der Waals surface area contributed by atoms with Crippen LogP contribution in [-0.4, -0.2) is 53.1 Å². The SMILES string of the molecule is [O-][N+]1=C(CCCCN2CCN(c3ccc4[nH]ccc4c3)CC2)CCc2ccccc21. The summed E-state index contributed by atoms with van der Waals surface area (Å²) in [6, 6.07) is 16.8. The maximum Gasteiger partial charge on any atom is 0.219 e. The van der Waals surface area contributed by atoms with E-state index in [-0.39, 0.29) is 0 Å². The molecule has 0 radical (unpaired) electrons. The van der Waals surface area contributed by atoms with E-state index in [4.69, 9.17) is 0 Å². The maximum atomic E-state index is 12.6. The Morgan fingerprint density at radius 1 is 0.933 bits per heavy atom. The molecular formula is C25H30N4O. The summed E-state index contributed by atoms with van der Waals surface area (Å²) in [5, 5.41) is 13.9. The van der Waals surface area contributed by atoms with Crippen LogP contribution in [0.15, 0.2) is 54.7 Å². The largest absolute Gasteiger partial charge is 0.618 e. The van der Waals surface area contributed by atoms with Gasteiger partial charge < -0.3 is 15.1 Å². The molecule has 156 valence electrons. The lowest BCUT2D eigenvalue weighted by atomic mass is 9.98. The van der Waals surface area contributed by atoms with Crippen molar-refractivity contribution in [2.45, 2.75) is 32.1 Å². The fourth-order valence-corrected chi connectivity index (χ4v) is 4.83. The number of hydrogen-bond acceptors (Lipinski definition) is 3. The molecule has 0 saturated carbocycles. The van der Waals surface area contributed by atoms with Crippen LogP contribution in [0, 0.1) is 5.21 Å². The van der Waals surface area contributed by atoms with Crippen molar-refractivity contribution in [3.05, 3.63) is 65.5 Å². The second-order valence-corrected chi connectivity index (χ2v) is 8.52. The molecule has 3 heterocycles. The normalized spacial score (nSPS) is 17.5. The van der Waals surface area contributed by atoms with Crippen LogP contribution in [0.3, 0.4) is 0 Å². The van der Waals surface area contributed by atoms with Gasteiger partial charge >= 0.3 is 0 Å². The molecule has 0 aliphatic carbocycles. The molecular weight excluding hydrogens is 372 g/mol. The van der Waals surface area contributed by atoms with Crippen molar-refractivity contribution in [2.75, 3.05) is 37.6 Å². The van der Waals surface area contributed by atoms with E-state index in [2.05, 4.69) is 45.1 Å². The Labute approximate surface area is 178 Å². The zero-order chi connectivity index (χ0) is 20.3. The van der Waals surface area contributed by atoms with Crippen molar-refractivity contribution in [2.24, 2.45) is 0 Å². The number of H-pyrrole nitrogens is 1. The molecule has 5 nitrogen and oxygen atoms in total. The molecule has 3 aromatic rings. The van der Waals surface area contributed by atoms with Crippen LogP contribution in [0.4, 0.5) is 11.4 Å². The minimum Gasteiger partial charge on any atom is -0.618 e. The van der Waals surface area contributed by atoms with Crippen molar-refractivity contribution in [1.29, 1.82) is 0 Å². The van der Waals surface area contributed by atoms with Gasteiger partial charge in [-0.1, -0.05) is 18.2 Å². The van der Waals surface area contributed by atoms with Crippen LogP contribution in [0.2, 0.25) is 0 Å². The highest BCUT2D eigenvalue weighted by Crippen LogP contribution is 2.26. The molecule has 1 saturated heterocycles. The first-order valence-corrected chi connectivity index (χ1v) is 11.2. The number of benzene rings is 2. The van der Waals surface area contributed by atoms with E-state index in [1.807, 2.05) is 24.4 Å². The fraction of sp³-hybridized carbons (Fsp3) is 0.400. The third kappa shape index (κ3) is 3.94. The highest BCUT2D eigenvalue weighted by atomic mass is 16.5. The Balaban J connectivity index is 1.08. The Morgan fingerprint density at radius 2 is 1.80 bits per heavy atom. The van der Waals surface area contributed by atoms with Gasteiger partial charge in [-0.2, -0.15) is 4.74 Å². The van der Waals surface area contributed by atoms with Gasteiger partial charge in [-0.15, -0.1) is 0 Å². The lowest BCUT2D eigenvalue weighted by molar-refractivity contribution is -0.367. The predicted molar refractivity (Wildman–Crippen MR) is 124 cm³/mol. The van der Waals surface area contributed by atoms with E-state index in [1.165, 1.54) is 26.9 Å². The average Bonchev–Trinajstić information content (AvgIpc) is 3.26. The van der Waals surface area contributed by atoms with E-state index in [1.54, 1.807) is 0 Å². The third-order valence-corrected chi connectivity index (χ3v) is 6.64. The van der Waals surface area contributed by atoms with Crippen molar-refractivity contribution >= 4 is 28.0 Å². The standard InChI is InChI=1S/C25H30N4O/c30-29-22(9-8-20-5-1-2-7-25(20)29)6-3-4-14-27-15-17-28(18-16-27)23-10-11-24-21(19-23)12-13-26-24/h1-2,5,7,10-13,19,26H,3-4,6,8-9,14-18H2. The Bertz CT molecular complexity index is 1050. The first-order chi connectivity index (χ1) is 14.8. The number of aryl methyl sites for hydroxylation is 1. The van der Waals surface area contributed by atoms with Crippen molar-refractivity contribution in [3.63, 3.8) is 0 Å². The van der Waals surface area contributed by atoms with Gasteiger partial charge in [-0.25, -0.2) is 0 Å². The molecule has 2 aromatic carbocycles. The first-order valence-electron chi connectivity index (χ1n) is 11.2. The van der Waals surface area contributed by atoms with Gasteiger partial charge in [0.1, 0.15) is 0 Å². The average molecular weight is 403 g/mol. The lowest BCUT2D eigenvalue weighted by Gasteiger charge is -2.36. The molecule has 0 bridgehead atoms. The number of unbranched alkanes of at least 4 members (excludes halogenated alkanes) is 1.